The van der Waals surface area contributed by atoms with Gasteiger partial charge in [-0.1, -0.05) is 0 Å². The smallest absolute Gasteiger partial charge is 0.410 e. The standard InChI is InChI=1S/C16H31N3O3/c1-15(2,3)19(14(21)22-16(4,5)6)11-10-17-12-8-7-9-18-13(12)20/h12,17H,7-11H2,1-6H3,(H,18,20). The molecule has 6 nitrogen and oxygen atoms in total. The lowest BCUT2D eigenvalue weighted by molar-refractivity contribution is -0.124. The van der Waals surface area contributed by atoms with Gasteiger partial charge >= 0.3 is 6.09 Å². The van der Waals surface area contributed by atoms with Crippen LogP contribution in [0.25, 0.3) is 0 Å². The van der Waals surface area contributed by atoms with Crippen LogP contribution in [0.2, 0.25) is 0 Å². The van der Waals surface area contributed by atoms with Crippen molar-refractivity contribution >= 4 is 12.0 Å². The van der Waals surface area contributed by atoms with E-state index in [1.807, 2.05) is 41.5 Å². The topological polar surface area (TPSA) is 70.7 Å². The molecule has 0 aromatic carbocycles. The molecule has 0 radical (unpaired) electrons. The zero-order chi connectivity index (χ0) is 17.0. The van der Waals surface area contributed by atoms with Crippen molar-refractivity contribution in [1.29, 1.82) is 0 Å². The first-order chi connectivity index (χ1) is 10.0. The Hall–Kier alpha value is -1.30. The summed E-state index contributed by atoms with van der Waals surface area (Å²) in [6.07, 6.45) is 1.50. The summed E-state index contributed by atoms with van der Waals surface area (Å²) in [7, 11) is 0. The zero-order valence-corrected chi connectivity index (χ0v) is 14.8. The van der Waals surface area contributed by atoms with Crippen LogP contribution in [-0.2, 0) is 9.53 Å². The number of rotatable bonds is 4. The third-order valence-corrected chi connectivity index (χ3v) is 3.44. The molecule has 1 saturated heterocycles. The largest absolute Gasteiger partial charge is 0.444 e. The van der Waals surface area contributed by atoms with Crippen LogP contribution in [0, 0.1) is 0 Å². The third-order valence-electron chi connectivity index (χ3n) is 3.44. The Morgan fingerprint density at radius 1 is 1.32 bits per heavy atom. The van der Waals surface area contributed by atoms with E-state index in [4.69, 9.17) is 4.74 Å². The fraction of sp³-hybridized carbons (Fsp3) is 0.875. The third kappa shape index (κ3) is 6.22. The Bertz CT molecular complexity index is 396. The minimum Gasteiger partial charge on any atom is -0.444 e. The molecule has 1 aliphatic heterocycles. The lowest BCUT2D eigenvalue weighted by Crippen LogP contribution is -2.53. The number of hydrogen-bond acceptors (Lipinski definition) is 4. The van der Waals surface area contributed by atoms with E-state index in [2.05, 4.69) is 10.6 Å². The van der Waals surface area contributed by atoms with Crippen LogP contribution in [0.5, 0.6) is 0 Å². The van der Waals surface area contributed by atoms with Crippen molar-refractivity contribution in [3.05, 3.63) is 0 Å². The summed E-state index contributed by atoms with van der Waals surface area (Å²) in [6.45, 7) is 13.3. The van der Waals surface area contributed by atoms with Crippen molar-refractivity contribution in [3.63, 3.8) is 0 Å². The molecule has 1 heterocycles. The van der Waals surface area contributed by atoms with Crippen LogP contribution in [-0.4, -0.2) is 53.7 Å². The number of carbonyl (C=O) groups is 2. The first-order valence-corrected chi connectivity index (χ1v) is 8.02. The Morgan fingerprint density at radius 2 is 1.95 bits per heavy atom. The molecule has 1 fully saturated rings. The van der Waals surface area contributed by atoms with Gasteiger partial charge in [0.2, 0.25) is 5.91 Å². The van der Waals surface area contributed by atoms with Crippen LogP contribution < -0.4 is 10.6 Å². The fourth-order valence-corrected chi connectivity index (χ4v) is 2.33. The zero-order valence-electron chi connectivity index (χ0n) is 14.8. The lowest BCUT2D eigenvalue weighted by atomic mass is 10.1. The van der Waals surface area contributed by atoms with Crippen molar-refractivity contribution in [2.24, 2.45) is 0 Å². The maximum Gasteiger partial charge on any atom is 0.410 e. The van der Waals surface area contributed by atoms with Crippen LogP contribution in [0.15, 0.2) is 0 Å². The van der Waals surface area contributed by atoms with Gasteiger partial charge in [0.15, 0.2) is 0 Å². The first-order valence-electron chi connectivity index (χ1n) is 8.02. The number of amides is 2. The van der Waals surface area contributed by atoms with Gasteiger partial charge in [-0.25, -0.2) is 4.79 Å². The Kier molecular flexibility index (Phi) is 6.23. The summed E-state index contributed by atoms with van der Waals surface area (Å²) in [4.78, 5) is 25.8. The molecule has 0 bridgehead atoms. The number of piperidine rings is 1. The molecule has 1 rings (SSSR count). The number of nitrogens with zero attached hydrogens (tertiary/aromatic N) is 1. The van der Waals surface area contributed by atoms with Crippen LogP contribution in [0.3, 0.4) is 0 Å². The van der Waals surface area contributed by atoms with Gasteiger partial charge in [0.05, 0.1) is 6.04 Å². The molecule has 1 aliphatic rings. The maximum atomic E-state index is 12.3. The van der Waals surface area contributed by atoms with Crippen LogP contribution >= 0.6 is 0 Å². The summed E-state index contributed by atoms with van der Waals surface area (Å²) < 4.78 is 5.47. The number of carbonyl (C=O) groups excluding carboxylic acids is 2. The van der Waals surface area contributed by atoms with E-state index in [1.54, 1.807) is 4.90 Å². The number of nitrogens with one attached hydrogen (secondary N) is 2. The summed E-state index contributed by atoms with van der Waals surface area (Å²) in [6, 6.07) is -0.158. The monoisotopic (exact) mass is 313 g/mol. The minimum absolute atomic E-state index is 0.0471. The van der Waals surface area contributed by atoms with Gasteiger partial charge < -0.3 is 20.3 Å². The molecule has 2 amide bonds. The van der Waals surface area contributed by atoms with Gasteiger partial charge in [0, 0.05) is 25.2 Å². The van der Waals surface area contributed by atoms with Gasteiger partial charge in [-0.2, -0.15) is 0 Å². The Labute approximate surface area is 134 Å². The highest BCUT2D eigenvalue weighted by atomic mass is 16.6. The molecule has 0 saturated carbocycles. The highest BCUT2D eigenvalue weighted by molar-refractivity contribution is 5.82. The van der Waals surface area contributed by atoms with E-state index in [-0.39, 0.29) is 23.6 Å². The van der Waals surface area contributed by atoms with Crippen molar-refractivity contribution < 1.29 is 14.3 Å². The second-order valence-corrected chi connectivity index (χ2v) is 7.74. The van der Waals surface area contributed by atoms with Crippen LogP contribution in [0.1, 0.15) is 54.4 Å². The SMILES string of the molecule is CC(C)(C)OC(=O)N(CCNC1CCCNC1=O)C(C)(C)C. The van der Waals surface area contributed by atoms with Crippen molar-refractivity contribution in [2.75, 3.05) is 19.6 Å². The van der Waals surface area contributed by atoms with E-state index in [9.17, 15) is 9.59 Å². The average Bonchev–Trinajstić information content (AvgIpc) is 2.32. The summed E-state index contributed by atoms with van der Waals surface area (Å²) in [5.74, 6) is 0.0471. The summed E-state index contributed by atoms with van der Waals surface area (Å²) in [5, 5.41) is 6.08. The molecule has 0 spiro atoms. The van der Waals surface area contributed by atoms with Gasteiger partial charge in [-0.15, -0.1) is 0 Å². The minimum atomic E-state index is -0.517. The van der Waals surface area contributed by atoms with Gasteiger partial charge in [-0.05, 0) is 54.4 Å². The molecule has 22 heavy (non-hydrogen) atoms. The summed E-state index contributed by atoms with van der Waals surface area (Å²) >= 11 is 0. The quantitative estimate of drug-likeness (QED) is 0.831. The van der Waals surface area contributed by atoms with Gasteiger partial charge in [-0.3, -0.25) is 4.79 Å². The van der Waals surface area contributed by atoms with E-state index >= 15 is 0 Å². The fourth-order valence-electron chi connectivity index (χ4n) is 2.33. The van der Waals surface area contributed by atoms with Crippen LogP contribution in [0.4, 0.5) is 4.79 Å². The van der Waals surface area contributed by atoms with E-state index < -0.39 is 5.60 Å². The molecule has 0 aliphatic carbocycles. The van der Waals surface area contributed by atoms with Gasteiger partial charge in [0.25, 0.3) is 0 Å². The number of hydrogen-bond donors (Lipinski definition) is 2. The highest BCUT2D eigenvalue weighted by Crippen LogP contribution is 2.18. The van der Waals surface area contributed by atoms with Crippen molar-refractivity contribution in [1.82, 2.24) is 15.5 Å². The molecule has 1 atom stereocenters. The normalized spacial score (nSPS) is 19.5. The average molecular weight is 313 g/mol. The molecule has 0 aromatic rings. The number of ether oxygens (including phenoxy) is 1. The second kappa shape index (κ2) is 7.31. The molecule has 2 N–H and O–H groups in total. The first kappa shape index (κ1) is 18.7. The predicted molar refractivity (Wildman–Crippen MR) is 86.7 cm³/mol. The molecular formula is C16H31N3O3. The van der Waals surface area contributed by atoms with Crippen molar-refractivity contribution in [3.8, 4) is 0 Å². The summed E-state index contributed by atoms with van der Waals surface area (Å²) in [5.41, 5.74) is -0.851. The molecular weight excluding hydrogens is 282 g/mol. The predicted octanol–water partition coefficient (Wildman–Crippen LogP) is 1.89. The second-order valence-electron chi connectivity index (χ2n) is 7.74. The van der Waals surface area contributed by atoms with E-state index in [0.717, 1.165) is 19.4 Å². The molecule has 128 valence electrons. The van der Waals surface area contributed by atoms with Gasteiger partial charge in [0.1, 0.15) is 5.60 Å². The Balaban J connectivity index is 2.55. The van der Waals surface area contributed by atoms with E-state index in [0.29, 0.717) is 13.1 Å². The lowest BCUT2D eigenvalue weighted by Gasteiger charge is -2.37. The molecule has 0 aromatic heterocycles. The Morgan fingerprint density at radius 3 is 2.45 bits per heavy atom. The molecule has 1 unspecified atom stereocenters. The highest BCUT2D eigenvalue weighted by Gasteiger charge is 2.30. The molecule has 6 heteroatoms. The maximum absolute atomic E-state index is 12.3. The van der Waals surface area contributed by atoms with E-state index in [1.165, 1.54) is 0 Å². The van der Waals surface area contributed by atoms with Crippen molar-refractivity contribution in [2.45, 2.75) is 71.6 Å².